The summed E-state index contributed by atoms with van der Waals surface area (Å²) in [6.07, 6.45) is -0.686. The number of rotatable bonds is 2. The lowest BCUT2D eigenvalue weighted by atomic mass is 9.99. The van der Waals surface area contributed by atoms with Gasteiger partial charge in [0.05, 0.1) is 6.10 Å². The van der Waals surface area contributed by atoms with Crippen LogP contribution < -0.4 is 5.73 Å². The Labute approximate surface area is 83.3 Å². The Morgan fingerprint density at radius 1 is 1.46 bits per heavy atom. The van der Waals surface area contributed by atoms with E-state index in [2.05, 4.69) is 0 Å². The molecule has 0 spiro atoms. The molecule has 0 aliphatic rings. The number of aliphatic hydroxyl groups is 1. The Morgan fingerprint density at radius 2 is 2.08 bits per heavy atom. The summed E-state index contributed by atoms with van der Waals surface area (Å²) in [6.45, 7) is 3.67. The van der Waals surface area contributed by atoms with E-state index in [1.807, 2.05) is 19.1 Å². The van der Waals surface area contributed by atoms with Gasteiger partial charge < -0.3 is 10.8 Å². The van der Waals surface area contributed by atoms with Crippen molar-refractivity contribution in [3.05, 3.63) is 34.3 Å². The summed E-state index contributed by atoms with van der Waals surface area (Å²) in [7, 11) is 0. The first-order valence-corrected chi connectivity index (χ1v) is 4.60. The third kappa shape index (κ3) is 2.21. The lowest BCUT2D eigenvalue weighted by Gasteiger charge is -2.18. The van der Waals surface area contributed by atoms with Crippen molar-refractivity contribution in [1.82, 2.24) is 0 Å². The molecule has 0 heterocycles. The molecule has 1 aromatic rings. The second-order valence-corrected chi connectivity index (χ2v) is 3.68. The minimum Gasteiger partial charge on any atom is -0.387 e. The van der Waals surface area contributed by atoms with Crippen molar-refractivity contribution >= 4 is 11.6 Å². The van der Waals surface area contributed by atoms with Crippen LogP contribution in [-0.2, 0) is 0 Å². The van der Waals surface area contributed by atoms with E-state index in [0.717, 1.165) is 11.1 Å². The van der Waals surface area contributed by atoms with E-state index in [1.54, 1.807) is 13.0 Å². The molecule has 0 radical (unpaired) electrons. The predicted molar refractivity (Wildman–Crippen MR) is 54.8 cm³/mol. The van der Waals surface area contributed by atoms with Gasteiger partial charge >= 0.3 is 0 Å². The van der Waals surface area contributed by atoms with Gasteiger partial charge in [0.1, 0.15) is 0 Å². The van der Waals surface area contributed by atoms with Crippen LogP contribution in [0.1, 0.15) is 24.2 Å². The first-order chi connectivity index (χ1) is 6.04. The average molecular weight is 200 g/mol. The molecule has 72 valence electrons. The molecular weight excluding hydrogens is 186 g/mol. The first-order valence-electron chi connectivity index (χ1n) is 4.22. The van der Waals surface area contributed by atoms with Crippen LogP contribution in [0.15, 0.2) is 18.2 Å². The van der Waals surface area contributed by atoms with E-state index < -0.39 is 6.10 Å². The second kappa shape index (κ2) is 4.09. The van der Waals surface area contributed by atoms with E-state index >= 15 is 0 Å². The summed E-state index contributed by atoms with van der Waals surface area (Å²) >= 11 is 5.95. The van der Waals surface area contributed by atoms with Gasteiger partial charge in [-0.3, -0.25) is 0 Å². The standard InChI is InChI=1S/C10H14ClNO/c1-6-4-3-5-8(11)9(6)10(13)7(2)12/h3-5,7,10,13H,12H2,1-2H3. The molecule has 0 saturated heterocycles. The van der Waals surface area contributed by atoms with Crippen molar-refractivity contribution in [1.29, 1.82) is 0 Å². The lowest BCUT2D eigenvalue weighted by molar-refractivity contribution is 0.153. The molecule has 0 fully saturated rings. The maximum Gasteiger partial charge on any atom is 0.0955 e. The zero-order valence-electron chi connectivity index (χ0n) is 7.79. The van der Waals surface area contributed by atoms with Gasteiger partial charge in [-0.1, -0.05) is 23.7 Å². The Morgan fingerprint density at radius 3 is 2.54 bits per heavy atom. The fourth-order valence-corrected chi connectivity index (χ4v) is 1.62. The van der Waals surface area contributed by atoms with Gasteiger partial charge in [-0.15, -0.1) is 0 Å². The predicted octanol–water partition coefficient (Wildman–Crippen LogP) is 2.03. The second-order valence-electron chi connectivity index (χ2n) is 3.27. The summed E-state index contributed by atoms with van der Waals surface area (Å²) in [5, 5.41) is 10.3. The zero-order valence-corrected chi connectivity index (χ0v) is 8.55. The van der Waals surface area contributed by atoms with E-state index in [4.69, 9.17) is 17.3 Å². The SMILES string of the molecule is Cc1cccc(Cl)c1C(O)C(C)N. The summed E-state index contributed by atoms with van der Waals surface area (Å²) in [4.78, 5) is 0. The van der Waals surface area contributed by atoms with Gasteiger partial charge in [-0.2, -0.15) is 0 Å². The number of aryl methyl sites for hydroxylation is 1. The van der Waals surface area contributed by atoms with Crippen molar-refractivity contribution in [2.45, 2.75) is 26.0 Å². The molecule has 0 saturated carbocycles. The van der Waals surface area contributed by atoms with Crippen molar-refractivity contribution in [3.63, 3.8) is 0 Å². The third-order valence-electron chi connectivity index (χ3n) is 2.06. The molecule has 2 unspecified atom stereocenters. The van der Waals surface area contributed by atoms with Crippen LogP contribution in [0.2, 0.25) is 5.02 Å². The summed E-state index contributed by atoms with van der Waals surface area (Å²) in [5.74, 6) is 0. The van der Waals surface area contributed by atoms with Crippen LogP contribution in [0, 0.1) is 6.92 Å². The maximum absolute atomic E-state index is 9.75. The zero-order chi connectivity index (χ0) is 10.0. The van der Waals surface area contributed by atoms with Crippen molar-refractivity contribution in [2.75, 3.05) is 0 Å². The minimum atomic E-state index is -0.686. The molecule has 1 aromatic carbocycles. The monoisotopic (exact) mass is 199 g/mol. The molecule has 13 heavy (non-hydrogen) atoms. The number of hydrogen-bond acceptors (Lipinski definition) is 2. The summed E-state index contributed by atoms with van der Waals surface area (Å²) < 4.78 is 0. The highest BCUT2D eigenvalue weighted by molar-refractivity contribution is 6.31. The Bertz CT molecular complexity index is 279. The Balaban J connectivity index is 3.12. The van der Waals surface area contributed by atoms with Gasteiger partial charge in [-0.25, -0.2) is 0 Å². The molecule has 1 rings (SSSR count). The van der Waals surface area contributed by atoms with Gasteiger partial charge in [0.25, 0.3) is 0 Å². The van der Waals surface area contributed by atoms with Crippen molar-refractivity contribution < 1.29 is 5.11 Å². The van der Waals surface area contributed by atoms with Crippen LogP contribution in [0.4, 0.5) is 0 Å². The van der Waals surface area contributed by atoms with Crippen LogP contribution in [0.25, 0.3) is 0 Å². The number of aliphatic hydroxyl groups excluding tert-OH is 1. The van der Waals surface area contributed by atoms with Gasteiger partial charge in [-0.05, 0) is 25.5 Å². The smallest absolute Gasteiger partial charge is 0.0955 e. The molecule has 0 aliphatic carbocycles. The number of benzene rings is 1. The molecule has 0 aromatic heterocycles. The normalized spacial score (nSPS) is 15.5. The van der Waals surface area contributed by atoms with Gasteiger partial charge in [0.15, 0.2) is 0 Å². The average Bonchev–Trinajstić information content (AvgIpc) is 2.03. The van der Waals surface area contributed by atoms with Crippen LogP contribution in [0.3, 0.4) is 0 Å². The molecule has 0 aliphatic heterocycles. The molecule has 3 N–H and O–H groups in total. The molecular formula is C10H14ClNO. The highest BCUT2D eigenvalue weighted by Crippen LogP contribution is 2.27. The van der Waals surface area contributed by atoms with Crippen molar-refractivity contribution in [3.8, 4) is 0 Å². The summed E-state index contributed by atoms with van der Waals surface area (Å²) in [5.41, 5.74) is 7.30. The van der Waals surface area contributed by atoms with E-state index in [-0.39, 0.29) is 6.04 Å². The van der Waals surface area contributed by atoms with E-state index in [0.29, 0.717) is 5.02 Å². The molecule has 2 atom stereocenters. The lowest BCUT2D eigenvalue weighted by Crippen LogP contribution is -2.25. The third-order valence-corrected chi connectivity index (χ3v) is 2.39. The minimum absolute atomic E-state index is 0.307. The topological polar surface area (TPSA) is 46.2 Å². The number of halogens is 1. The van der Waals surface area contributed by atoms with Gasteiger partial charge in [0, 0.05) is 16.6 Å². The first kappa shape index (κ1) is 10.5. The van der Waals surface area contributed by atoms with Gasteiger partial charge in [0.2, 0.25) is 0 Å². The molecule has 0 bridgehead atoms. The van der Waals surface area contributed by atoms with Crippen LogP contribution in [-0.4, -0.2) is 11.1 Å². The van der Waals surface area contributed by atoms with Crippen LogP contribution >= 0.6 is 11.6 Å². The Kier molecular flexibility index (Phi) is 3.31. The fourth-order valence-electron chi connectivity index (χ4n) is 1.28. The fraction of sp³-hybridized carbons (Fsp3) is 0.400. The quantitative estimate of drug-likeness (QED) is 0.766. The molecule has 2 nitrogen and oxygen atoms in total. The molecule has 0 amide bonds. The maximum atomic E-state index is 9.75. The summed E-state index contributed by atoms with van der Waals surface area (Å²) in [6, 6.07) is 5.22. The number of hydrogen-bond donors (Lipinski definition) is 2. The largest absolute Gasteiger partial charge is 0.387 e. The highest BCUT2D eigenvalue weighted by Gasteiger charge is 2.17. The highest BCUT2D eigenvalue weighted by atomic mass is 35.5. The van der Waals surface area contributed by atoms with E-state index in [9.17, 15) is 5.11 Å². The molecule has 3 heteroatoms. The Hall–Kier alpha value is -0.570. The van der Waals surface area contributed by atoms with Crippen LogP contribution in [0.5, 0.6) is 0 Å². The van der Waals surface area contributed by atoms with Crippen molar-refractivity contribution in [2.24, 2.45) is 5.73 Å². The van der Waals surface area contributed by atoms with E-state index in [1.165, 1.54) is 0 Å². The number of nitrogens with two attached hydrogens (primary N) is 1.